The standard InChI is InChI=1S/C25H26N10O7/c36-10-14(6-13-4-2-1-3-5-13)29-22-19-23(31-24(30-22)32-9-17(27-11-32)35(41)42)33(12-28-19)15-7-16(21(39)20(15)38)34-18(37)8-26-25(34)40/h1-5,8-9,11-12,14-16,20-21,36-39H,6-7,10H2,(H,26,40)(H,29,30,31)/t14-,15+,16-,20-,21+/m0/s1. The SMILES string of the molecule is O=c1[nH]cc(O)n1[C@H]1C[C@@H](n2cnc3c(N[C@H](CO)Cc4ccccc4)nc(-n4cnc([N+](=O)[O-])c4)nc32)[C@H](O)[C@@H]1O. The Morgan fingerprint density at radius 2 is 1.88 bits per heavy atom. The van der Waals surface area contributed by atoms with Crippen LogP contribution in [0.15, 0.2) is 60.2 Å². The van der Waals surface area contributed by atoms with Crippen LogP contribution in [0, 0.1) is 10.1 Å². The topological polar surface area (TPSA) is 235 Å². The van der Waals surface area contributed by atoms with Gasteiger partial charge < -0.3 is 45.4 Å². The van der Waals surface area contributed by atoms with E-state index in [4.69, 9.17) is 0 Å². The number of nitrogens with one attached hydrogen (secondary N) is 2. The number of H-pyrrole nitrogens is 1. The summed E-state index contributed by atoms with van der Waals surface area (Å²) in [7, 11) is 0. The summed E-state index contributed by atoms with van der Waals surface area (Å²) in [5.74, 6) is -0.608. The zero-order valence-corrected chi connectivity index (χ0v) is 21.8. The van der Waals surface area contributed by atoms with E-state index >= 15 is 0 Å². The van der Waals surface area contributed by atoms with E-state index in [9.17, 15) is 35.3 Å². The molecule has 0 aliphatic heterocycles. The predicted octanol–water partition coefficient (Wildman–Crippen LogP) is 0.0390. The van der Waals surface area contributed by atoms with Gasteiger partial charge in [0.25, 0.3) is 0 Å². The first kappa shape index (κ1) is 27.1. The number of imidazole rings is 3. The van der Waals surface area contributed by atoms with E-state index in [1.807, 2.05) is 30.3 Å². The Morgan fingerprint density at radius 3 is 2.55 bits per heavy atom. The molecule has 1 aromatic carbocycles. The molecule has 0 saturated heterocycles. The number of rotatable bonds is 9. The highest BCUT2D eigenvalue weighted by Gasteiger charge is 2.45. The van der Waals surface area contributed by atoms with Crippen molar-refractivity contribution < 1.29 is 25.3 Å². The quantitative estimate of drug-likeness (QED) is 0.100. The first-order valence-corrected chi connectivity index (χ1v) is 12.9. The molecule has 0 radical (unpaired) electrons. The van der Waals surface area contributed by atoms with Crippen LogP contribution in [0.5, 0.6) is 5.88 Å². The minimum atomic E-state index is -1.41. The third-order valence-electron chi connectivity index (χ3n) is 7.38. The largest absolute Gasteiger partial charge is 0.493 e. The summed E-state index contributed by atoms with van der Waals surface area (Å²) in [6.07, 6.45) is 2.51. The van der Waals surface area contributed by atoms with Crippen molar-refractivity contribution in [3.8, 4) is 11.8 Å². The molecule has 17 heteroatoms. The Hall–Kier alpha value is -5.13. The van der Waals surface area contributed by atoms with E-state index in [0.29, 0.717) is 6.42 Å². The Balaban J connectivity index is 1.42. The van der Waals surface area contributed by atoms with Gasteiger partial charge in [-0.05, 0) is 28.3 Å². The van der Waals surface area contributed by atoms with E-state index < -0.39 is 52.6 Å². The number of nitrogens with zero attached hydrogens (tertiary/aromatic N) is 8. The van der Waals surface area contributed by atoms with Crippen molar-refractivity contribution in [1.82, 2.24) is 38.6 Å². The number of hydrogen-bond donors (Lipinski definition) is 6. The summed E-state index contributed by atoms with van der Waals surface area (Å²) in [5.41, 5.74) is 0.790. The Kier molecular flexibility index (Phi) is 6.89. The lowest BCUT2D eigenvalue weighted by Crippen LogP contribution is -2.33. The van der Waals surface area contributed by atoms with Crippen LogP contribution >= 0.6 is 0 Å². The molecule has 5 aromatic rings. The van der Waals surface area contributed by atoms with Crippen molar-refractivity contribution >= 4 is 22.8 Å². The summed E-state index contributed by atoms with van der Waals surface area (Å²) in [6.45, 7) is -0.253. The fraction of sp³-hybridized carbons (Fsp3) is 0.320. The second-order valence-corrected chi connectivity index (χ2v) is 9.98. The third kappa shape index (κ3) is 4.74. The van der Waals surface area contributed by atoms with E-state index in [2.05, 4.69) is 30.2 Å². The number of benzene rings is 1. The van der Waals surface area contributed by atoms with E-state index in [-0.39, 0.29) is 36.0 Å². The average Bonchev–Trinajstić information content (AvgIpc) is 3.77. The van der Waals surface area contributed by atoms with Gasteiger partial charge in [-0.1, -0.05) is 30.3 Å². The fourth-order valence-electron chi connectivity index (χ4n) is 5.34. The molecule has 4 heterocycles. The fourth-order valence-corrected chi connectivity index (χ4v) is 5.34. The Morgan fingerprint density at radius 1 is 1.12 bits per heavy atom. The van der Waals surface area contributed by atoms with E-state index in [1.165, 1.54) is 21.8 Å². The van der Waals surface area contributed by atoms with Gasteiger partial charge in [0.15, 0.2) is 17.0 Å². The molecule has 17 nitrogen and oxygen atoms in total. The summed E-state index contributed by atoms with van der Waals surface area (Å²) in [6, 6.07) is 7.20. The molecule has 1 aliphatic carbocycles. The first-order chi connectivity index (χ1) is 20.2. The maximum absolute atomic E-state index is 12.3. The smallest absolute Gasteiger partial charge is 0.382 e. The molecule has 1 saturated carbocycles. The summed E-state index contributed by atoms with van der Waals surface area (Å²) < 4.78 is 3.75. The molecule has 1 aliphatic rings. The van der Waals surface area contributed by atoms with Crippen LogP contribution in [-0.4, -0.2) is 88.8 Å². The molecule has 4 aromatic heterocycles. The Labute approximate surface area is 235 Å². The number of fused-ring (bicyclic) bond motifs is 1. The average molecular weight is 579 g/mol. The highest BCUT2D eigenvalue weighted by molar-refractivity contribution is 5.84. The van der Waals surface area contributed by atoms with Gasteiger partial charge in [0.05, 0.1) is 37.3 Å². The van der Waals surface area contributed by atoms with Gasteiger partial charge in [-0.2, -0.15) is 9.97 Å². The highest BCUT2D eigenvalue weighted by atomic mass is 16.6. The molecule has 0 bridgehead atoms. The number of anilines is 1. The van der Waals surface area contributed by atoms with Crippen molar-refractivity contribution in [1.29, 1.82) is 0 Å². The van der Waals surface area contributed by atoms with Crippen LogP contribution in [0.1, 0.15) is 24.1 Å². The van der Waals surface area contributed by atoms with Crippen molar-refractivity contribution in [2.45, 2.75) is 43.2 Å². The number of aliphatic hydroxyl groups excluding tert-OH is 3. The van der Waals surface area contributed by atoms with Gasteiger partial charge in [0, 0.05) is 0 Å². The van der Waals surface area contributed by atoms with Crippen molar-refractivity contribution in [2.75, 3.05) is 11.9 Å². The molecular formula is C25H26N10O7. The summed E-state index contributed by atoms with van der Waals surface area (Å²) in [4.78, 5) is 42.5. The molecule has 0 spiro atoms. The predicted molar refractivity (Wildman–Crippen MR) is 145 cm³/mol. The number of aromatic nitrogens is 8. The first-order valence-electron chi connectivity index (χ1n) is 12.9. The monoisotopic (exact) mass is 578 g/mol. The van der Waals surface area contributed by atoms with Crippen LogP contribution in [0.25, 0.3) is 17.1 Å². The summed E-state index contributed by atoms with van der Waals surface area (Å²) in [5, 5.41) is 56.6. The van der Waals surface area contributed by atoms with Crippen LogP contribution in [0.2, 0.25) is 0 Å². The van der Waals surface area contributed by atoms with Gasteiger partial charge in [0.2, 0.25) is 18.2 Å². The molecule has 6 rings (SSSR count). The zero-order valence-electron chi connectivity index (χ0n) is 21.8. The van der Waals surface area contributed by atoms with E-state index in [1.54, 1.807) is 0 Å². The number of hydrogen-bond acceptors (Lipinski definition) is 12. The Bertz CT molecular complexity index is 1800. The normalized spacial score (nSPS) is 21.1. The maximum Gasteiger partial charge on any atom is 0.382 e. The molecule has 0 unspecified atom stereocenters. The van der Waals surface area contributed by atoms with Crippen LogP contribution < -0.4 is 11.0 Å². The van der Waals surface area contributed by atoms with Gasteiger partial charge in [-0.3, -0.25) is 4.57 Å². The lowest BCUT2D eigenvalue weighted by molar-refractivity contribution is -0.389. The molecule has 218 valence electrons. The minimum Gasteiger partial charge on any atom is -0.493 e. The molecular weight excluding hydrogens is 552 g/mol. The van der Waals surface area contributed by atoms with Gasteiger partial charge in [-0.15, -0.1) is 0 Å². The van der Waals surface area contributed by atoms with Crippen LogP contribution in [0.3, 0.4) is 0 Å². The van der Waals surface area contributed by atoms with Gasteiger partial charge in [-0.25, -0.2) is 14.3 Å². The van der Waals surface area contributed by atoms with Crippen LogP contribution in [0.4, 0.5) is 11.6 Å². The molecule has 0 amide bonds. The number of aromatic hydroxyl groups is 1. The van der Waals surface area contributed by atoms with E-state index in [0.717, 1.165) is 22.5 Å². The van der Waals surface area contributed by atoms with Crippen molar-refractivity contribution in [3.05, 3.63) is 81.5 Å². The number of nitro groups is 1. The number of aromatic amines is 1. The lowest BCUT2D eigenvalue weighted by Gasteiger charge is -2.19. The van der Waals surface area contributed by atoms with Crippen molar-refractivity contribution in [2.24, 2.45) is 0 Å². The minimum absolute atomic E-state index is 0.00663. The van der Waals surface area contributed by atoms with Crippen LogP contribution in [-0.2, 0) is 6.42 Å². The highest BCUT2D eigenvalue weighted by Crippen LogP contribution is 2.40. The maximum atomic E-state index is 12.3. The summed E-state index contributed by atoms with van der Waals surface area (Å²) >= 11 is 0. The second kappa shape index (κ2) is 10.7. The van der Waals surface area contributed by atoms with Gasteiger partial charge >= 0.3 is 11.5 Å². The molecule has 42 heavy (non-hydrogen) atoms. The third-order valence-corrected chi connectivity index (χ3v) is 7.38. The zero-order chi connectivity index (χ0) is 29.5. The second-order valence-electron chi connectivity index (χ2n) is 9.98. The van der Waals surface area contributed by atoms with Crippen molar-refractivity contribution in [3.63, 3.8) is 0 Å². The molecule has 5 atom stereocenters. The molecule has 1 fully saturated rings. The lowest BCUT2D eigenvalue weighted by atomic mass is 10.1. The van der Waals surface area contributed by atoms with Gasteiger partial charge in [0.1, 0.15) is 18.4 Å². The number of aliphatic hydroxyl groups is 3. The molecule has 6 N–H and O–H groups in total.